The van der Waals surface area contributed by atoms with Crippen LogP contribution in [0.5, 0.6) is 0 Å². The Balaban J connectivity index is 1.50. The predicted octanol–water partition coefficient (Wildman–Crippen LogP) is 3.27. The van der Waals surface area contributed by atoms with Crippen LogP contribution in [0, 0.1) is 0 Å². The first-order valence-electron chi connectivity index (χ1n) is 9.30. The molecule has 2 aromatic carbocycles. The molecule has 0 radical (unpaired) electrons. The summed E-state index contributed by atoms with van der Waals surface area (Å²) in [7, 11) is -1.92. The van der Waals surface area contributed by atoms with Crippen LogP contribution < -0.4 is 10.0 Å². The number of thiophene rings is 1. The maximum absolute atomic E-state index is 12.7. The molecular weight excluding hydrogens is 434 g/mol. The number of benzene rings is 2. The molecule has 4 aromatic rings. The number of aryl methyl sites for hydroxylation is 1. The van der Waals surface area contributed by atoms with Crippen LogP contribution in [0.1, 0.15) is 15.2 Å². The number of carbonyl (C=O) groups is 1. The highest BCUT2D eigenvalue weighted by Crippen LogP contribution is 2.21. The number of hydrogen-bond donors (Lipinski definition) is 2. The van der Waals surface area contributed by atoms with Gasteiger partial charge in [-0.05, 0) is 41.8 Å². The number of aromatic nitrogens is 3. The zero-order valence-corrected chi connectivity index (χ0v) is 18.2. The smallest absolute Gasteiger partial charge is 0.255 e. The second kappa shape index (κ2) is 8.80. The standard InChI is InChI=1S/C21H19N5O3S2/c1-26-14-22-25-20(26)15-5-2-7-17(11-15)24-21(27)16-6-3-9-19(12-16)31(28,29)23-13-18-8-4-10-30-18/h2-12,14,23H,13H2,1H3,(H,24,27). The lowest BCUT2D eigenvalue weighted by atomic mass is 10.1. The van der Waals surface area contributed by atoms with Gasteiger partial charge in [-0.1, -0.05) is 24.3 Å². The van der Waals surface area contributed by atoms with E-state index in [1.54, 1.807) is 41.2 Å². The van der Waals surface area contributed by atoms with Gasteiger partial charge in [0.2, 0.25) is 10.0 Å². The first-order chi connectivity index (χ1) is 14.9. The second-order valence-corrected chi connectivity index (χ2v) is 9.53. The molecule has 0 aliphatic rings. The summed E-state index contributed by atoms with van der Waals surface area (Å²) in [5.41, 5.74) is 1.60. The van der Waals surface area contributed by atoms with Crippen molar-refractivity contribution < 1.29 is 13.2 Å². The number of anilines is 1. The molecule has 31 heavy (non-hydrogen) atoms. The van der Waals surface area contributed by atoms with E-state index in [1.165, 1.54) is 23.5 Å². The SMILES string of the molecule is Cn1cnnc1-c1cccc(NC(=O)c2cccc(S(=O)(=O)NCc3cccs3)c2)c1. The van der Waals surface area contributed by atoms with E-state index in [0.717, 1.165) is 10.4 Å². The van der Waals surface area contributed by atoms with Crippen molar-refractivity contribution >= 4 is 33.0 Å². The number of rotatable bonds is 7. The molecule has 0 atom stereocenters. The normalized spacial score (nSPS) is 11.4. The monoisotopic (exact) mass is 453 g/mol. The number of carbonyl (C=O) groups excluding carboxylic acids is 1. The average Bonchev–Trinajstić information content (AvgIpc) is 3.44. The molecule has 10 heteroatoms. The molecule has 0 bridgehead atoms. The van der Waals surface area contributed by atoms with Crippen LogP contribution in [0.3, 0.4) is 0 Å². The van der Waals surface area contributed by atoms with Gasteiger partial charge in [-0.25, -0.2) is 13.1 Å². The van der Waals surface area contributed by atoms with E-state index in [0.29, 0.717) is 11.5 Å². The highest BCUT2D eigenvalue weighted by atomic mass is 32.2. The molecule has 8 nitrogen and oxygen atoms in total. The zero-order chi connectivity index (χ0) is 21.8. The van der Waals surface area contributed by atoms with Crippen molar-refractivity contribution in [3.05, 3.63) is 82.8 Å². The maximum Gasteiger partial charge on any atom is 0.255 e. The Labute approximate surface area is 183 Å². The van der Waals surface area contributed by atoms with Gasteiger partial charge in [0.1, 0.15) is 6.33 Å². The van der Waals surface area contributed by atoms with Crippen LogP contribution in [-0.2, 0) is 23.6 Å². The third-order valence-electron chi connectivity index (χ3n) is 4.51. The molecule has 0 spiro atoms. The van der Waals surface area contributed by atoms with Gasteiger partial charge < -0.3 is 9.88 Å². The molecule has 0 fully saturated rings. The van der Waals surface area contributed by atoms with E-state index in [9.17, 15) is 13.2 Å². The van der Waals surface area contributed by atoms with Gasteiger partial charge in [-0.2, -0.15) is 0 Å². The van der Waals surface area contributed by atoms with Crippen molar-refractivity contribution in [1.29, 1.82) is 0 Å². The topological polar surface area (TPSA) is 106 Å². The molecule has 0 aliphatic heterocycles. The maximum atomic E-state index is 12.7. The van der Waals surface area contributed by atoms with Crippen molar-refractivity contribution in [3.63, 3.8) is 0 Å². The number of sulfonamides is 1. The lowest BCUT2D eigenvalue weighted by molar-refractivity contribution is 0.102. The van der Waals surface area contributed by atoms with Crippen LogP contribution in [-0.4, -0.2) is 29.1 Å². The third-order valence-corrected chi connectivity index (χ3v) is 6.79. The Morgan fingerprint density at radius 2 is 1.94 bits per heavy atom. The Morgan fingerprint density at radius 3 is 2.68 bits per heavy atom. The minimum Gasteiger partial charge on any atom is -0.322 e. The van der Waals surface area contributed by atoms with E-state index in [1.807, 2.05) is 30.6 Å². The summed E-state index contributed by atoms with van der Waals surface area (Å²) in [6, 6.07) is 16.9. The lowest BCUT2D eigenvalue weighted by Crippen LogP contribution is -2.23. The van der Waals surface area contributed by atoms with Crippen LogP contribution >= 0.6 is 11.3 Å². The van der Waals surface area contributed by atoms with Gasteiger partial charge >= 0.3 is 0 Å². The van der Waals surface area contributed by atoms with Crippen LogP contribution in [0.4, 0.5) is 5.69 Å². The molecule has 2 aromatic heterocycles. The number of nitrogens with zero attached hydrogens (tertiary/aromatic N) is 3. The molecule has 2 N–H and O–H groups in total. The zero-order valence-electron chi connectivity index (χ0n) is 16.5. The lowest BCUT2D eigenvalue weighted by Gasteiger charge is -2.10. The van der Waals surface area contributed by atoms with Crippen molar-refractivity contribution in [1.82, 2.24) is 19.5 Å². The number of hydrogen-bond acceptors (Lipinski definition) is 6. The van der Waals surface area contributed by atoms with Crippen LogP contribution in [0.2, 0.25) is 0 Å². The third kappa shape index (κ3) is 4.88. The van der Waals surface area contributed by atoms with Gasteiger partial charge in [-0.15, -0.1) is 21.5 Å². The molecule has 0 unspecified atom stereocenters. The molecule has 0 saturated heterocycles. The van der Waals surface area contributed by atoms with Gasteiger partial charge in [0.25, 0.3) is 5.91 Å². The van der Waals surface area contributed by atoms with Gasteiger partial charge in [0.05, 0.1) is 4.90 Å². The molecular formula is C21H19N5O3S2. The van der Waals surface area contributed by atoms with Crippen molar-refractivity contribution in [3.8, 4) is 11.4 Å². The largest absolute Gasteiger partial charge is 0.322 e. The Hall–Kier alpha value is -3.34. The second-order valence-electron chi connectivity index (χ2n) is 6.73. The first-order valence-corrected chi connectivity index (χ1v) is 11.7. The fourth-order valence-corrected chi connectivity index (χ4v) is 4.74. The highest BCUT2D eigenvalue weighted by Gasteiger charge is 2.17. The van der Waals surface area contributed by atoms with Gasteiger partial charge in [0.15, 0.2) is 5.82 Å². The highest BCUT2D eigenvalue weighted by molar-refractivity contribution is 7.89. The van der Waals surface area contributed by atoms with Crippen molar-refractivity contribution in [2.45, 2.75) is 11.4 Å². The summed E-state index contributed by atoms with van der Waals surface area (Å²) in [5, 5.41) is 12.6. The van der Waals surface area contributed by atoms with E-state index in [4.69, 9.17) is 0 Å². The first kappa shape index (κ1) is 20.9. The minimum atomic E-state index is -3.75. The van der Waals surface area contributed by atoms with Gasteiger partial charge in [0, 0.05) is 35.3 Å². The van der Waals surface area contributed by atoms with E-state index >= 15 is 0 Å². The summed E-state index contributed by atoms with van der Waals surface area (Å²) < 4.78 is 29.6. The summed E-state index contributed by atoms with van der Waals surface area (Å²) >= 11 is 1.47. The van der Waals surface area contributed by atoms with Gasteiger partial charge in [-0.3, -0.25) is 4.79 Å². The molecule has 4 rings (SSSR count). The van der Waals surface area contributed by atoms with E-state index in [2.05, 4.69) is 20.2 Å². The quantitative estimate of drug-likeness (QED) is 0.447. The molecule has 1 amide bonds. The van der Waals surface area contributed by atoms with Crippen molar-refractivity contribution in [2.75, 3.05) is 5.32 Å². The summed E-state index contributed by atoms with van der Waals surface area (Å²) in [6.45, 7) is 0.200. The average molecular weight is 454 g/mol. The van der Waals surface area contributed by atoms with Crippen LogP contribution in [0.25, 0.3) is 11.4 Å². The molecule has 2 heterocycles. The fraction of sp³-hybridized carbons (Fsp3) is 0.0952. The molecule has 0 saturated carbocycles. The molecule has 0 aliphatic carbocycles. The summed E-state index contributed by atoms with van der Waals surface area (Å²) in [6.07, 6.45) is 1.60. The van der Waals surface area contributed by atoms with E-state index in [-0.39, 0.29) is 17.0 Å². The number of nitrogens with one attached hydrogen (secondary N) is 2. The predicted molar refractivity (Wildman–Crippen MR) is 119 cm³/mol. The summed E-state index contributed by atoms with van der Waals surface area (Å²) in [4.78, 5) is 13.7. The Bertz CT molecular complexity index is 1310. The van der Waals surface area contributed by atoms with Crippen molar-refractivity contribution in [2.24, 2.45) is 7.05 Å². The number of amides is 1. The molecule has 158 valence electrons. The fourth-order valence-electron chi connectivity index (χ4n) is 2.95. The Morgan fingerprint density at radius 1 is 1.10 bits per heavy atom. The van der Waals surface area contributed by atoms with E-state index < -0.39 is 15.9 Å². The summed E-state index contributed by atoms with van der Waals surface area (Å²) in [5.74, 6) is 0.256. The minimum absolute atomic E-state index is 0.0320. The van der Waals surface area contributed by atoms with Crippen LogP contribution in [0.15, 0.2) is 77.3 Å². The Kier molecular flexibility index (Phi) is 5.94.